The van der Waals surface area contributed by atoms with Gasteiger partial charge in [-0.2, -0.15) is 4.31 Å². The minimum absolute atomic E-state index is 0.0952. The lowest BCUT2D eigenvalue weighted by Crippen LogP contribution is -2.33. The van der Waals surface area contributed by atoms with Gasteiger partial charge >= 0.3 is 0 Å². The summed E-state index contributed by atoms with van der Waals surface area (Å²) in [7, 11) is -3.68. The van der Waals surface area contributed by atoms with Crippen LogP contribution in [0.1, 0.15) is 35.1 Å². The molecule has 0 unspecified atom stereocenters. The van der Waals surface area contributed by atoms with Crippen LogP contribution in [0.5, 0.6) is 5.75 Å². The summed E-state index contributed by atoms with van der Waals surface area (Å²) in [5.41, 5.74) is 4.45. The number of nitrogens with zero attached hydrogens (tertiary/aromatic N) is 2. The lowest BCUT2D eigenvalue weighted by Gasteiger charge is -2.24. The SMILES string of the molecule is Cc1cc(C)cc(S(=O)(=O)N2CCOc3ccc(CN(C(=O)C4CC4)c4ccccc4)cc3C2)c1. The van der Waals surface area contributed by atoms with Crippen molar-refractivity contribution in [1.82, 2.24) is 4.31 Å². The molecule has 0 N–H and O–H groups in total. The molecule has 1 aliphatic heterocycles. The zero-order valence-electron chi connectivity index (χ0n) is 20.1. The average molecular weight is 491 g/mol. The second kappa shape index (κ2) is 9.47. The number of hydrogen-bond acceptors (Lipinski definition) is 4. The maximum atomic E-state index is 13.5. The third-order valence-electron chi connectivity index (χ3n) is 6.50. The highest BCUT2D eigenvalue weighted by Gasteiger charge is 2.34. The molecular formula is C28H30N2O4S. The fourth-order valence-corrected chi connectivity index (χ4v) is 6.19. The van der Waals surface area contributed by atoms with E-state index in [-0.39, 0.29) is 31.5 Å². The number of fused-ring (bicyclic) bond motifs is 1. The van der Waals surface area contributed by atoms with Crippen LogP contribution in [0, 0.1) is 19.8 Å². The van der Waals surface area contributed by atoms with Gasteiger partial charge in [0.1, 0.15) is 12.4 Å². The molecule has 0 spiro atoms. The summed E-state index contributed by atoms with van der Waals surface area (Å²) in [5.74, 6) is 0.922. The lowest BCUT2D eigenvalue weighted by atomic mass is 10.1. The number of anilines is 1. The summed E-state index contributed by atoms with van der Waals surface area (Å²) in [4.78, 5) is 15.2. The van der Waals surface area contributed by atoms with Gasteiger partial charge in [0.15, 0.2) is 0 Å². The van der Waals surface area contributed by atoms with Gasteiger partial charge in [-0.25, -0.2) is 8.42 Å². The van der Waals surface area contributed by atoms with Gasteiger partial charge in [0.2, 0.25) is 15.9 Å². The van der Waals surface area contributed by atoms with Crippen LogP contribution in [-0.2, 0) is 27.9 Å². The Kier molecular flexibility index (Phi) is 6.38. The normalized spacial score (nSPS) is 16.2. The molecule has 0 atom stereocenters. The Morgan fingerprint density at radius 1 is 1.00 bits per heavy atom. The Balaban J connectivity index is 1.43. The number of amides is 1. The zero-order chi connectivity index (χ0) is 24.6. The molecule has 5 rings (SSSR count). The van der Waals surface area contributed by atoms with E-state index in [1.165, 1.54) is 4.31 Å². The molecule has 1 aliphatic carbocycles. The van der Waals surface area contributed by atoms with Crippen LogP contribution >= 0.6 is 0 Å². The monoisotopic (exact) mass is 490 g/mol. The number of hydrogen-bond donors (Lipinski definition) is 0. The van der Waals surface area contributed by atoms with E-state index in [1.54, 1.807) is 12.1 Å². The minimum atomic E-state index is -3.68. The van der Waals surface area contributed by atoms with Crippen molar-refractivity contribution in [2.45, 2.75) is 44.7 Å². The fourth-order valence-electron chi connectivity index (χ4n) is 4.60. The van der Waals surface area contributed by atoms with Gasteiger partial charge in [0.05, 0.1) is 11.4 Å². The van der Waals surface area contributed by atoms with Crippen LogP contribution in [0.25, 0.3) is 0 Å². The summed E-state index contributed by atoms with van der Waals surface area (Å²) in [6.45, 7) is 5.01. The summed E-state index contributed by atoms with van der Waals surface area (Å²) in [6, 6.07) is 20.9. The molecular weight excluding hydrogens is 460 g/mol. The number of ether oxygens (including phenoxy) is 1. The van der Waals surface area contributed by atoms with Crippen molar-refractivity contribution >= 4 is 21.6 Å². The third kappa shape index (κ3) is 5.11. The molecule has 0 saturated heterocycles. The second-order valence-electron chi connectivity index (χ2n) is 9.49. The number of carbonyl (C=O) groups is 1. The molecule has 6 nitrogen and oxygen atoms in total. The van der Waals surface area contributed by atoms with Gasteiger partial charge in [0.25, 0.3) is 0 Å². The van der Waals surface area contributed by atoms with Crippen molar-refractivity contribution in [3.05, 3.63) is 89.0 Å². The van der Waals surface area contributed by atoms with E-state index >= 15 is 0 Å². The highest BCUT2D eigenvalue weighted by molar-refractivity contribution is 7.89. The molecule has 35 heavy (non-hydrogen) atoms. The van der Waals surface area contributed by atoms with Gasteiger partial charge < -0.3 is 9.64 Å². The first kappa shape index (κ1) is 23.6. The topological polar surface area (TPSA) is 66.9 Å². The molecule has 3 aromatic carbocycles. The first-order chi connectivity index (χ1) is 16.8. The van der Waals surface area contributed by atoms with E-state index in [2.05, 4.69) is 0 Å². The Morgan fingerprint density at radius 2 is 1.71 bits per heavy atom. The molecule has 1 fully saturated rings. The van der Waals surface area contributed by atoms with Gasteiger partial charge in [-0.1, -0.05) is 30.3 Å². The smallest absolute Gasteiger partial charge is 0.243 e. The van der Waals surface area contributed by atoms with Crippen LogP contribution < -0.4 is 9.64 Å². The van der Waals surface area contributed by atoms with Crippen LogP contribution in [-0.4, -0.2) is 31.8 Å². The van der Waals surface area contributed by atoms with E-state index < -0.39 is 10.0 Å². The van der Waals surface area contributed by atoms with Crippen molar-refractivity contribution in [3.8, 4) is 5.75 Å². The van der Waals surface area contributed by atoms with Crippen molar-refractivity contribution in [1.29, 1.82) is 0 Å². The average Bonchev–Trinajstić information content (AvgIpc) is 3.69. The van der Waals surface area contributed by atoms with Crippen LogP contribution in [0.4, 0.5) is 5.69 Å². The standard InChI is InChI=1S/C28H30N2O4S/c1-20-14-21(2)16-26(15-20)35(32,33)29-12-13-34-27-11-8-22(17-24(27)19-29)18-30(28(31)23-9-10-23)25-6-4-3-5-7-25/h3-8,11,14-17,23H,9-10,12-13,18-19H2,1-2H3. The van der Waals surface area contributed by atoms with E-state index in [0.717, 1.165) is 40.8 Å². The Bertz CT molecular complexity index is 1330. The van der Waals surface area contributed by atoms with Crippen LogP contribution in [0.2, 0.25) is 0 Å². The summed E-state index contributed by atoms with van der Waals surface area (Å²) in [6.07, 6.45) is 1.87. The van der Waals surface area contributed by atoms with E-state index in [0.29, 0.717) is 17.2 Å². The van der Waals surface area contributed by atoms with Crippen LogP contribution in [0.3, 0.4) is 0 Å². The largest absolute Gasteiger partial charge is 0.492 e. The predicted molar refractivity (Wildman–Crippen MR) is 136 cm³/mol. The number of sulfonamides is 1. The zero-order valence-corrected chi connectivity index (χ0v) is 20.9. The molecule has 3 aromatic rings. The molecule has 1 heterocycles. The van der Waals surface area contributed by atoms with Crippen molar-refractivity contribution < 1.29 is 17.9 Å². The summed E-state index contributed by atoms with van der Waals surface area (Å²) in [5, 5.41) is 0. The maximum absolute atomic E-state index is 13.5. The van der Waals surface area contributed by atoms with Gasteiger partial charge in [-0.3, -0.25) is 4.79 Å². The molecule has 1 saturated carbocycles. The van der Waals surface area contributed by atoms with Gasteiger partial charge in [-0.15, -0.1) is 0 Å². The minimum Gasteiger partial charge on any atom is -0.492 e. The molecule has 0 radical (unpaired) electrons. The molecule has 0 bridgehead atoms. The number of rotatable bonds is 6. The Morgan fingerprint density at radius 3 is 2.40 bits per heavy atom. The van der Waals surface area contributed by atoms with E-state index in [4.69, 9.17) is 4.74 Å². The van der Waals surface area contributed by atoms with Crippen molar-refractivity contribution in [2.24, 2.45) is 5.92 Å². The Hall–Kier alpha value is -3.16. The second-order valence-corrected chi connectivity index (χ2v) is 11.4. The first-order valence-corrected chi connectivity index (χ1v) is 13.4. The summed E-state index contributed by atoms with van der Waals surface area (Å²) >= 11 is 0. The number of aryl methyl sites for hydroxylation is 2. The predicted octanol–water partition coefficient (Wildman–Crippen LogP) is 4.83. The maximum Gasteiger partial charge on any atom is 0.243 e. The number of para-hydroxylation sites is 1. The fraction of sp³-hybridized carbons (Fsp3) is 0.321. The third-order valence-corrected chi connectivity index (χ3v) is 8.33. The Labute approximate surface area is 207 Å². The quantitative estimate of drug-likeness (QED) is 0.496. The van der Waals surface area contributed by atoms with Gasteiger partial charge in [-0.05, 0) is 79.8 Å². The van der Waals surface area contributed by atoms with Crippen LogP contribution in [0.15, 0.2) is 71.6 Å². The highest BCUT2D eigenvalue weighted by atomic mass is 32.2. The lowest BCUT2D eigenvalue weighted by molar-refractivity contribution is -0.119. The van der Waals surface area contributed by atoms with Crippen molar-refractivity contribution in [2.75, 3.05) is 18.1 Å². The molecule has 182 valence electrons. The van der Waals surface area contributed by atoms with E-state index in [9.17, 15) is 13.2 Å². The number of carbonyl (C=O) groups excluding carboxylic acids is 1. The molecule has 2 aliphatic rings. The molecule has 7 heteroatoms. The highest BCUT2D eigenvalue weighted by Crippen LogP contribution is 2.34. The molecule has 1 amide bonds. The number of benzene rings is 3. The van der Waals surface area contributed by atoms with Gasteiger partial charge in [0, 0.05) is 30.3 Å². The molecule has 0 aromatic heterocycles. The first-order valence-electron chi connectivity index (χ1n) is 12.0. The van der Waals surface area contributed by atoms with Crippen molar-refractivity contribution in [3.63, 3.8) is 0 Å². The summed E-state index contributed by atoms with van der Waals surface area (Å²) < 4.78 is 34.4. The van der Waals surface area contributed by atoms with E-state index in [1.807, 2.05) is 73.3 Å².